The molecular formula is C12H18O2. The van der Waals surface area contributed by atoms with Gasteiger partial charge in [-0.2, -0.15) is 0 Å². The van der Waals surface area contributed by atoms with Crippen LogP contribution in [0.3, 0.4) is 0 Å². The highest BCUT2D eigenvalue weighted by molar-refractivity contribution is 5.30. The van der Waals surface area contributed by atoms with Crippen molar-refractivity contribution in [2.75, 3.05) is 13.2 Å². The number of hydrogen-bond acceptors (Lipinski definition) is 2. The van der Waals surface area contributed by atoms with Gasteiger partial charge in [-0.15, -0.1) is 0 Å². The summed E-state index contributed by atoms with van der Waals surface area (Å²) >= 11 is 0. The second kappa shape index (κ2) is 5.78. The van der Waals surface area contributed by atoms with Gasteiger partial charge in [0.05, 0.1) is 0 Å². The van der Waals surface area contributed by atoms with Crippen LogP contribution in [0.5, 0.6) is 0 Å². The molecule has 1 aromatic rings. The molecule has 0 amide bonds. The molecule has 0 aromatic heterocycles. The Morgan fingerprint density at radius 2 is 1.29 bits per heavy atom. The third kappa shape index (κ3) is 3.13. The van der Waals surface area contributed by atoms with Gasteiger partial charge in [-0.05, 0) is 36.0 Å². The van der Waals surface area contributed by atoms with E-state index in [9.17, 15) is 0 Å². The lowest BCUT2D eigenvalue weighted by atomic mass is 10.0. The van der Waals surface area contributed by atoms with E-state index in [4.69, 9.17) is 10.2 Å². The molecule has 0 saturated carbocycles. The normalized spacial score (nSPS) is 10.5. The molecule has 0 atom stereocenters. The summed E-state index contributed by atoms with van der Waals surface area (Å²) in [5, 5.41) is 17.7. The van der Waals surface area contributed by atoms with E-state index in [1.54, 1.807) is 0 Å². The Morgan fingerprint density at radius 1 is 0.857 bits per heavy atom. The molecule has 0 saturated heterocycles. The molecule has 0 bridgehead atoms. The molecule has 0 fully saturated rings. The van der Waals surface area contributed by atoms with E-state index in [0.29, 0.717) is 12.8 Å². The van der Waals surface area contributed by atoms with Gasteiger partial charge in [0.15, 0.2) is 0 Å². The Balaban J connectivity index is 2.88. The van der Waals surface area contributed by atoms with E-state index in [1.165, 1.54) is 5.56 Å². The summed E-state index contributed by atoms with van der Waals surface area (Å²) in [7, 11) is 0. The Kier molecular flexibility index (Phi) is 4.63. The molecule has 2 nitrogen and oxygen atoms in total. The molecule has 0 heterocycles. The first kappa shape index (κ1) is 11.2. The van der Waals surface area contributed by atoms with Crippen LogP contribution in [0.4, 0.5) is 0 Å². The fourth-order valence-corrected chi connectivity index (χ4v) is 1.59. The largest absolute Gasteiger partial charge is 0.396 e. The first-order chi connectivity index (χ1) is 6.80. The van der Waals surface area contributed by atoms with Gasteiger partial charge < -0.3 is 10.2 Å². The van der Waals surface area contributed by atoms with E-state index < -0.39 is 0 Å². The van der Waals surface area contributed by atoms with Gasteiger partial charge in [-0.3, -0.25) is 0 Å². The van der Waals surface area contributed by atoms with Crippen molar-refractivity contribution in [3.05, 3.63) is 34.9 Å². The monoisotopic (exact) mass is 194 g/mol. The summed E-state index contributed by atoms with van der Waals surface area (Å²) in [4.78, 5) is 0. The molecule has 78 valence electrons. The zero-order valence-electron chi connectivity index (χ0n) is 8.66. The molecule has 1 aromatic carbocycles. The van der Waals surface area contributed by atoms with Crippen LogP contribution in [0.25, 0.3) is 0 Å². The molecule has 0 aliphatic carbocycles. The number of aliphatic hydroxyl groups is 2. The average molecular weight is 194 g/mol. The second-order valence-electron chi connectivity index (χ2n) is 3.46. The molecule has 0 unspecified atom stereocenters. The van der Waals surface area contributed by atoms with Crippen LogP contribution in [0.15, 0.2) is 18.2 Å². The summed E-state index contributed by atoms with van der Waals surface area (Å²) in [6.07, 6.45) is 2.40. The van der Waals surface area contributed by atoms with Gasteiger partial charge in [-0.1, -0.05) is 25.1 Å². The summed E-state index contributed by atoms with van der Waals surface area (Å²) in [5.74, 6) is 0. The van der Waals surface area contributed by atoms with Crippen molar-refractivity contribution in [3.8, 4) is 0 Å². The van der Waals surface area contributed by atoms with Gasteiger partial charge in [0.2, 0.25) is 0 Å². The minimum Gasteiger partial charge on any atom is -0.396 e. The zero-order valence-corrected chi connectivity index (χ0v) is 8.66. The van der Waals surface area contributed by atoms with Gasteiger partial charge in [-0.25, -0.2) is 0 Å². The topological polar surface area (TPSA) is 40.5 Å². The van der Waals surface area contributed by atoms with Crippen molar-refractivity contribution in [1.29, 1.82) is 0 Å². The summed E-state index contributed by atoms with van der Waals surface area (Å²) in [5.41, 5.74) is 3.60. The summed E-state index contributed by atoms with van der Waals surface area (Å²) < 4.78 is 0. The van der Waals surface area contributed by atoms with E-state index in [2.05, 4.69) is 25.1 Å². The number of benzene rings is 1. The van der Waals surface area contributed by atoms with Crippen molar-refractivity contribution in [1.82, 2.24) is 0 Å². The Bertz CT molecular complexity index is 257. The van der Waals surface area contributed by atoms with Gasteiger partial charge >= 0.3 is 0 Å². The predicted molar refractivity (Wildman–Crippen MR) is 57.4 cm³/mol. The molecule has 2 N–H and O–H groups in total. The standard InChI is InChI=1S/C12H18O2/c1-2-10-7-11(3-5-13)9-12(8-10)4-6-14/h7-9,13-14H,2-6H2,1H3. The number of aryl methyl sites for hydroxylation is 1. The minimum absolute atomic E-state index is 0.186. The SMILES string of the molecule is CCc1cc(CCO)cc(CCO)c1. The molecule has 0 aliphatic heterocycles. The lowest BCUT2D eigenvalue weighted by Gasteiger charge is -2.06. The lowest BCUT2D eigenvalue weighted by Crippen LogP contribution is -1.97. The summed E-state index contributed by atoms with van der Waals surface area (Å²) in [6.45, 7) is 2.48. The quantitative estimate of drug-likeness (QED) is 0.742. The van der Waals surface area contributed by atoms with Crippen LogP contribution >= 0.6 is 0 Å². The fraction of sp³-hybridized carbons (Fsp3) is 0.500. The lowest BCUT2D eigenvalue weighted by molar-refractivity contribution is 0.298. The third-order valence-electron chi connectivity index (χ3n) is 2.32. The average Bonchev–Trinajstić information content (AvgIpc) is 2.18. The molecule has 2 heteroatoms. The van der Waals surface area contributed by atoms with Gasteiger partial charge in [0, 0.05) is 13.2 Å². The van der Waals surface area contributed by atoms with Crippen LogP contribution in [-0.4, -0.2) is 23.4 Å². The van der Waals surface area contributed by atoms with E-state index in [-0.39, 0.29) is 13.2 Å². The van der Waals surface area contributed by atoms with Gasteiger partial charge in [0.25, 0.3) is 0 Å². The maximum absolute atomic E-state index is 8.85. The van der Waals surface area contributed by atoms with E-state index in [0.717, 1.165) is 17.5 Å². The number of aliphatic hydroxyl groups excluding tert-OH is 2. The highest BCUT2D eigenvalue weighted by Gasteiger charge is 1.99. The Hall–Kier alpha value is -0.860. The fourth-order valence-electron chi connectivity index (χ4n) is 1.59. The predicted octanol–water partition coefficient (Wildman–Crippen LogP) is 1.32. The zero-order chi connectivity index (χ0) is 10.4. The maximum atomic E-state index is 8.85. The van der Waals surface area contributed by atoms with Crippen LogP contribution in [0.1, 0.15) is 23.6 Å². The van der Waals surface area contributed by atoms with Crippen LogP contribution in [0.2, 0.25) is 0 Å². The molecule has 0 aliphatic rings. The first-order valence-corrected chi connectivity index (χ1v) is 5.13. The second-order valence-corrected chi connectivity index (χ2v) is 3.46. The van der Waals surface area contributed by atoms with E-state index >= 15 is 0 Å². The molecular weight excluding hydrogens is 176 g/mol. The Morgan fingerprint density at radius 3 is 1.64 bits per heavy atom. The number of hydrogen-bond donors (Lipinski definition) is 2. The van der Waals surface area contributed by atoms with Crippen LogP contribution < -0.4 is 0 Å². The van der Waals surface area contributed by atoms with E-state index in [1.807, 2.05) is 0 Å². The first-order valence-electron chi connectivity index (χ1n) is 5.13. The van der Waals surface area contributed by atoms with Crippen molar-refractivity contribution in [2.24, 2.45) is 0 Å². The smallest absolute Gasteiger partial charge is 0.0471 e. The highest BCUT2D eigenvalue weighted by atomic mass is 16.3. The van der Waals surface area contributed by atoms with Crippen molar-refractivity contribution in [2.45, 2.75) is 26.2 Å². The molecule has 1 rings (SSSR count). The molecule has 0 spiro atoms. The molecule has 0 radical (unpaired) electrons. The Labute approximate surface area is 85.2 Å². The van der Waals surface area contributed by atoms with Crippen molar-refractivity contribution >= 4 is 0 Å². The minimum atomic E-state index is 0.186. The van der Waals surface area contributed by atoms with Gasteiger partial charge in [0.1, 0.15) is 0 Å². The molecule has 14 heavy (non-hydrogen) atoms. The van der Waals surface area contributed by atoms with Crippen molar-refractivity contribution < 1.29 is 10.2 Å². The maximum Gasteiger partial charge on any atom is 0.0471 e. The summed E-state index contributed by atoms with van der Waals surface area (Å²) in [6, 6.07) is 6.31. The van der Waals surface area contributed by atoms with Crippen molar-refractivity contribution in [3.63, 3.8) is 0 Å². The number of rotatable bonds is 5. The van der Waals surface area contributed by atoms with Crippen LogP contribution in [-0.2, 0) is 19.3 Å². The van der Waals surface area contributed by atoms with Crippen LogP contribution in [0, 0.1) is 0 Å². The third-order valence-corrected chi connectivity index (χ3v) is 2.32. The highest BCUT2D eigenvalue weighted by Crippen LogP contribution is 2.12.